The van der Waals surface area contributed by atoms with Crippen LogP contribution in [0.1, 0.15) is 72.8 Å². The summed E-state index contributed by atoms with van der Waals surface area (Å²) in [6.45, 7) is 12.3. The highest BCUT2D eigenvalue weighted by Crippen LogP contribution is 2.25. The van der Waals surface area contributed by atoms with Crippen molar-refractivity contribution in [3.8, 4) is 5.69 Å². The van der Waals surface area contributed by atoms with Gasteiger partial charge < -0.3 is 35.6 Å². The third-order valence-corrected chi connectivity index (χ3v) is 8.90. The Labute approximate surface area is 293 Å². The van der Waals surface area contributed by atoms with Gasteiger partial charge in [0.15, 0.2) is 0 Å². The summed E-state index contributed by atoms with van der Waals surface area (Å²) in [6.07, 6.45) is 4.96. The van der Waals surface area contributed by atoms with Crippen molar-refractivity contribution in [1.29, 1.82) is 0 Å². The highest BCUT2D eigenvalue weighted by Gasteiger charge is 2.35. The largest absolute Gasteiger partial charge is 0.465 e. The van der Waals surface area contributed by atoms with Crippen molar-refractivity contribution in [2.24, 2.45) is 5.92 Å². The van der Waals surface area contributed by atoms with Gasteiger partial charge in [-0.15, -0.1) is 0 Å². The molecule has 1 aromatic heterocycles. The average molecular weight is 697 g/mol. The van der Waals surface area contributed by atoms with Gasteiger partial charge in [-0.3, -0.25) is 14.7 Å². The zero-order valence-corrected chi connectivity index (χ0v) is 30.0. The molecular formula is C35H52N8O7. The van der Waals surface area contributed by atoms with Crippen LogP contribution in [0.25, 0.3) is 5.69 Å². The van der Waals surface area contributed by atoms with Crippen molar-refractivity contribution in [3.05, 3.63) is 52.6 Å². The van der Waals surface area contributed by atoms with Crippen molar-refractivity contribution >= 4 is 29.9 Å². The van der Waals surface area contributed by atoms with Crippen LogP contribution in [-0.4, -0.2) is 105 Å². The number of carboxylic acid groups (broad SMARTS) is 1. The maximum Gasteiger partial charge on any atom is 0.407 e. The lowest BCUT2D eigenvalue weighted by Crippen LogP contribution is -2.60. The number of alkyl carbamates (subject to hydrolysis) is 1. The molecule has 2 aliphatic rings. The van der Waals surface area contributed by atoms with Gasteiger partial charge in [-0.05, 0) is 103 Å². The second-order valence-corrected chi connectivity index (χ2v) is 14.8. The Morgan fingerprint density at radius 2 is 1.56 bits per heavy atom. The number of carbonyl (C=O) groups excluding carboxylic acids is 3. The van der Waals surface area contributed by atoms with Crippen LogP contribution in [0.2, 0.25) is 0 Å². The predicted octanol–water partition coefficient (Wildman–Crippen LogP) is 3.56. The van der Waals surface area contributed by atoms with Crippen LogP contribution < -0.4 is 27.0 Å². The molecular weight excluding hydrogens is 644 g/mol. The monoisotopic (exact) mass is 696 g/mol. The molecule has 274 valence electrons. The molecule has 2 heterocycles. The molecule has 2 fully saturated rings. The number of ether oxygens (including phenoxy) is 1. The van der Waals surface area contributed by atoms with Gasteiger partial charge in [0.25, 0.3) is 0 Å². The lowest BCUT2D eigenvalue weighted by molar-refractivity contribution is -0.138. The van der Waals surface area contributed by atoms with Gasteiger partial charge >= 0.3 is 23.9 Å². The van der Waals surface area contributed by atoms with Crippen LogP contribution in [0.15, 0.2) is 41.3 Å². The fourth-order valence-corrected chi connectivity index (χ4v) is 6.37. The van der Waals surface area contributed by atoms with E-state index in [4.69, 9.17) is 9.84 Å². The molecule has 0 bridgehead atoms. The van der Waals surface area contributed by atoms with Gasteiger partial charge in [-0.1, -0.05) is 12.1 Å². The number of carbonyl (C=O) groups is 4. The molecule has 1 aromatic carbocycles. The van der Waals surface area contributed by atoms with E-state index in [2.05, 4.69) is 33.2 Å². The second-order valence-electron chi connectivity index (χ2n) is 14.8. The van der Waals surface area contributed by atoms with Crippen molar-refractivity contribution in [2.45, 2.75) is 96.9 Å². The van der Waals surface area contributed by atoms with Crippen LogP contribution in [-0.2, 0) is 16.0 Å². The fraction of sp³-hybridized carbons (Fsp3) is 0.600. The van der Waals surface area contributed by atoms with E-state index in [1.165, 1.54) is 28.2 Å². The number of anilines is 1. The first-order chi connectivity index (χ1) is 23.5. The number of hydrogen-bond donors (Lipinski definition) is 5. The number of rotatable bonds is 10. The number of piperazine rings is 1. The minimum atomic E-state index is -1.29. The van der Waals surface area contributed by atoms with Crippen LogP contribution in [0.3, 0.4) is 0 Å². The summed E-state index contributed by atoms with van der Waals surface area (Å²) in [4.78, 5) is 68.5. The molecule has 5 N–H and O–H groups in total. The van der Waals surface area contributed by atoms with E-state index in [9.17, 15) is 24.0 Å². The maximum absolute atomic E-state index is 12.9. The minimum absolute atomic E-state index is 0.117. The van der Waals surface area contributed by atoms with Gasteiger partial charge in [0, 0.05) is 51.0 Å². The third kappa shape index (κ3) is 11.2. The Balaban J connectivity index is 1.20. The highest BCUT2D eigenvalue weighted by atomic mass is 16.6. The summed E-state index contributed by atoms with van der Waals surface area (Å²) in [5.74, 6) is 0.202. The van der Waals surface area contributed by atoms with E-state index < -0.39 is 29.0 Å². The summed E-state index contributed by atoms with van der Waals surface area (Å²) >= 11 is 0. The second kappa shape index (κ2) is 16.4. The Bertz CT molecular complexity index is 1550. The van der Waals surface area contributed by atoms with Crippen LogP contribution in [0, 0.1) is 5.92 Å². The molecule has 4 rings (SSSR count). The van der Waals surface area contributed by atoms with Gasteiger partial charge in [0.2, 0.25) is 5.91 Å². The van der Waals surface area contributed by atoms with Crippen molar-refractivity contribution in [2.75, 3.05) is 38.0 Å². The van der Waals surface area contributed by atoms with E-state index in [1.54, 1.807) is 12.3 Å². The highest BCUT2D eigenvalue weighted by molar-refractivity contribution is 5.90. The summed E-state index contributed by atoms with van der Waals surface area (Å²) in [5.41, 5.74) is -0.529. The van der Waals surface area contributed by atoms with Gasteiger partial charge in [-0.25, -0.2) is 19.2 Å². The molecule has 1 saturated carbocycles. The van der Waals surface area contributed by atoms with Crippen molar-refractivity contribution in [3.63, 3.8) is 0 Å². The molecule has 1 aliphatic heterocycles. The van der Waals surface area contributed by atoms with Crippen molar-refractivity contribution < 1.29 is 29.0 Å². The Morgan fingerprint density at radius 1 is 0.940 bits per heavy atom. The summed E-state index contributed by atoms with van der Waals surface area (Å²) in [7, 11) is 0. The van der Waals surface area contributed by atoms with E-state index in [1.807, 2.05) is 45.0 Å². The number of urea groups is 1. The summed E-state index contributed by atoms with van der Waals surface area (Å²) in [6, 6.07) is 9.55. The molecule has 15 nitrogen and oxygen atoms in total. The van der Waals surface area contributed by atoms with E-state index >= 15 is 0 Å². The third-order valence-electron chi connectivity index (χ3n) is 8.90. The minimum Gasteiger partial charge on any atom is -0.465 e. The van der Waals surface area contributed by atoms with Gasteiger partial charge in [0.05, 0.1) is 5.69 Å². The molecule has 1 unspecified atom stereocenters. The molecule has 1 saturated heterocycles. The van der Waals surface area contributed by atoms with E-state index in [0.29, 0.717) is 24.2 Å². The Hall–Kier alpha value is -4.66. The first-order valence-electron chi connectivity index (χ1n) is 17.3. The molecule has 50 heavy (non-hydrogen) atoms. The number of benzene rings is 1. The molecule has 15 heteroatoms. The first kappa shape index (κ1) is 38.1. The van der Waals surface area contributed by atoms with E-state index in [0.717, 1.165) is 37.7 Å². The number of amides is 5. The average Bonchev–Trinajstić information content (AvgIpc) is 3.03. The first-order valence-corrected chi connectivity index (χ1v) is 17.3. The summed E-state index contributed by atoms with van der Waals surface area (Å²) in [5, 5.41) is 20.5. The van der Waals surface area contributed by atoms with Crippen LogP contribution >= 0.6 is 0 Å². The van der Waals surface area contributed by atoms with Gasteiger partial charge in [-0.2, -0.15) is 4.98 Å². The lowest BCUT2D eigenvalue weighted by atomic mass is 9.85. The fourth-order valence-electron chi connectivity index (χ4n) is 6.37. The number of aromatic nitrogens is 2. The molecule has 2 aromatic rings. The SMILES string of the molecule is CC(Cc1ccc(-n2ccc(NC(=O)N3CCN(C(=O)C(C)(C)NC(=O)O)CC3)nc2=O)cc1)NC1CCC(CNC(=O)OC(C)(C)C)CC1. The number of hydrogen-bond acceptors (Lipinski definition) is 8. The van der Waals surface area contributed by atoms with E-state index in [-0.39, 0.29) is 50.0 Å². The Kier molecular flexibility index (Phi) is 12.5. The number of nitrogens with one attached hydrogen (secondary N) is 4. The Morgan fingerprint density at radius 3 is 2.14 bits per heavy atom. The number of nitrogens with zero attached hydrogens (tertiary/aromatic N) is 4. The zero-order valence-electron chi connectivity index (χ0n) is 30.0. The lowest BCUT2D eigenvalue weighted by Gasteiger charge is -2.38. The normalized spacial score (nSPS) is 18.9. The van der Waals surface area contributed by atoms with Crippen LogP contribution in [0.5, 0.6) is 0 Å². The van der Waals surface area contributed by atoms with Crippen LogP contribution in [0.4, 0.5) is 20.2 Å². The molecule has 1 atom stereocenters. The smallest absolute Gasteiger partial charge is 0.407 e. The summed E-state index contributed by atoms with van der Waals surface area (Å²) < 4.78 is 6.75. The topological polar surface area (TPSA) is 187 Å². The molecule has 1 aliphatic carbocycles. The maximum atomic E-state index is 12.9. The molecule has 0 spiro atoms. The van der Waals surface area contributed by atoms with Gasteiger partial charge in [0.1, 0.15) is 17.0 Å². The predicted molar refractivity (Wildman–Crippen MR) is 189 cm³/mol. The quantitative estimate of drug-likeness (QED) is 0.248. The van der Waals surface area contributed by atoms with Crippen molar-refractivity contribution in [1.82, 2.24) is 35.3 Å². The molecule has 5 amide bonds. The zero-order chi connectivity index (χ0) is 36.6. The molecule has 0 radical (unpaired) electrons. The standard InChI is InChI=1S/C35H52N8O7/c1-23(37-26-11-7-25(8-12-26)22-36-33(49)50-34(2,3)4)21-24-9-13-27(14-10-24)43-16-15-28(39-31(43)46)38-30(45)42-19-17-41(18-20-42)29(44)35(5,6)40-32(47)48/h9-10,13-16,23,25-26,37,40H,7-8,11-12,17-22H2,1-6H3,(H,36,49)(H,47,48)(H,38,39,45,46).